The van der Waals surface area contributed by atoms with Gasteiger partial charge in [-0.15, -0.1) is 0 Å². The Bertz CT molecular complexity index is 1170. The molecule has 3 rings (SSSR count). The lowest BCUT2D eigenvalue weighted by atomic mass is 9.83. The Morgan fingerprint density at radius 1 is 0.724 bits per heavy atom. The normalized spacial score (nSPS) is 13.8. The van der Waals surface area contributed by atoms with Crippen molar-refractivity contribution in [1.82, 2.24) is 0 Å². The molecule has 10 heteroatoms. The van der Waals surface area contributed by atoms with Gasteiger partial charge in [-0.2, -0.15) is 8.42 Å². The average Bonchev–Trinajstić information content (AvgIpc) is 2.58. The number of aromatic hydroxyl groups is 2. The van der Waals surface area contributed by atoms with Gasteiger partial charge in [-0.1, -0.05) is 64.6 Å². The molecule has 3 N–H and O–H groups in total. The Labute approximate surface area is 186 Å². The summed E-state index contributed by atoms with van der Waals surface area (Å²) in [7, 11) is -5.13. The van der Waals surface area contributed by atoms with Gasteiger partial charge in [-0.05, 0) is 42.0 Å². The summed E-state index contributed by atoms with van der Waals surface area (Å²) in [6, 6.07) is 11.4. The first-order chi connectivity index (χ1) is 13.5. The van der Waals surface area contributed by atoms with Crippen molar-refractivity contribution < 1.29 is 23.2 Å². The van der Waals surface area contributed by atoms with Crippen LogP contribution in [0.25, 0.3) is 0 Å². The molecule has 0 radical (unpaired) electrons. The smallest absolute Gasteiger partial charge is 0.283 e. The SMILES string of the molecule is O=S(=O)(O)C(c1ccc(Cl)cc1)(c1ccc(Cl)cc1O)c1c(O)cc(Cl)cc1Cl. The van der Waals surface area contributed by atoms with E-state index in [4.69, 9.17) is 46.4 Å². The minimum absolute atomic E-state index is 0.0388. The van der Waals surface area contributed by atoms with E-state index < -0.39 is 31.9 Å². The highest BCUT2D eigenvalue weighted by atomic mass is 35.5. The molecule has 1 atom stereocenters. The molecule has 3 aromatic carbocycles. The molecule has 1 unspecified atom stereocenters. The summed E-state index contributed by atoms with van der Waals surface area (Å²) in [6.45, 7) is 0. The van der Waals surface area contributed by atoms with E-state index in [-0.39, 0.29) is 26.2 Å². The van der Waals surface area contributed by atoms with Crippen molar-refractivity contribution in [3.8, 4) is 11.5 Å². The Kier molecular flexibility index (Phi) is 5.98. The summed E-state index contributed by atoms with van der Waals surface area (Å²) in [5.74, 6) is -1.15. The Hall–Kier alpha value is -1.67. The van der Waals surface area contributed by atoms with Gasteiger partial charge in [-0.3, -0.25) is 4.55 Å². The first kappa shape index (κ1) is 22.0. The van der Waals surface area contributed by atoms with Crippen LogP contribution in [0.1, 0.15) is 16.7 Å². The van der Waals surface area contributed by atoms with Crippen LogP contribution in [0.15, 0.2) is 54.6 Å². The van der Waals surface area contributed by atoms with Crippen LogP contribution in [0.2, 0.25) is 20.1 Å². The third kappa shape index (κ3) is 3.77. The molecule has 0 saturated carbocycles. The lowest BCUT2D eigenvalue weighted by Crippen LogP contribution is -2.38. The van der Waals surface area contributed by atoms with Gasteiger partial charge in [0.2, 0.25) is 0 Å². The van der Waals surface area contributed by atoms with Crippen molar-refractivity contribution >= 4 is 56.5 Å². The zero-order valence-electron chi connectivity index (χ0n) is 14.3. The number of benzene rings is 3. The monoisotopic (exact) mass is 492 g/mol. The molecule has 29 heavy (non-hydrogen) atoms. The second-order valence-corrected chi connectivity index (χ2v) is 9.39. The van der Waals surface area contributed by atoms with Crippen LogP contribution < -0.4 is 0 Å². The summed E-state index contributed by atoms with van der Waals surface area (Å²) in [5, 5.41) is 21.4. The third-order valence-electron chi connectivity index (χ3n) is 4.36. The van der Waals surface area contributed by atoms with Gasteiger partial charge < -0.3 is 10.2 Å². The summed E-state index contributed by atoms with van der Waals surface area (Å²) < 4.78 is 33.8. The van der Waals surface area contributed by atoms with Gasteiger partial charge in [0.25, 0.3) is 10.1 Å². The van der Waals surface area contributed by atoms with Crippen molar-refractivity contribution in [2.75, 3.05) is 0 Å². The average molecular weight is 494 g/mol. The van der Waals surface area contributed by atoms with Crippen LogP contribution in [0.3, 0.4) is 0 Å². The van der Waals surface area contributed by atoms with Gasteiger partial charge in [0, 0.05) is 26.2 Å². The summed E-state index contributed by atoms with van der Waals surface area (Å²) in [5.41, 5.74) is -0.723. The first-order valence-corrected chi connectivity index (χ1v) is 10.8. The van der Waals surface area contributed by atoms with E-state index in [1.54, 1.807) is 0 Å². The lowest BCUT2D eigenvalue weighted by molar-refractivity contribution is 0.428. The molecule has 0 aliphatic heterocycles. The van der Waals surface area contributed by atoms with E-state index in [2.05, 4.69) is 0 Å². The highest BCUT2D eigenvalue weighted by molar-refractivity contribution is 7.87. The number of hydrogen-bond donors (Lipinski definition) is 3. The second-order valence-electron chi connectivity index (χ2n) is 6.11. The number of hydrogen-bond acceptors (Lipinski definition) is 4. The molecule has 0 fully saturated rings. The van der Waals surface area contributed by atoms with E-state index in [0.29, 0.717) is 5.02 Å². The molecule has 0 spiro atoms. The fraction of sp³-hybridized carbons (Fsp3) is 0.0526. The molecular formula is C19H12Cl4O5S. The van der Waals surface area contributed by atoms with Crippen LogP contribution in [0.5, 0.6) is 11.5 Å². The lowest BCUT2D eigenvalue weighted by Gasteiger charge is -2.34. The fourth-order valence-corrected chi connectivity index (χ4v) is 5.58. The minimum atomic E-state index is -5.13. The molecule has 0 bridgehead atoms. The van der Waals surface area contributed by atoms with Gasteiger partial charge in [0.15, 0.2) is 4.75 Å². The summed E-state index contributed by atoms with van der Waals surface area (Å²) in [4.78, 5) is 0. The van der Waals surface area contributed by atoms with Crippen molar-refractivity contribution in [2.24, 2.45) is 0 Å². The van der Waals surface area contributed by atoms with Crippen molar-refractivity contribution in [2.45, 2.75) is 4.75 Å². The Balaban J connectivity index is 2.61. The first-order valence-electron chi connectivity index (χ1n) is 7.89. The zero-order valence-corrected chi connectivity index (χ0v) is 18.1. The molecule has 3 aromatic rings. The Morgan fingerprint density at radius 2 is 1.28 bits per heavy atom. The standard InChI is InChI=1S/C19H12Cl4O5S/c20-11-3-1-10(2-4-11)19(29(26,27)28,14-6-5-12(21)8-16(14)24)18-15(23)7-13(22)9-17(18)25/h1-9,24-25H,(H,26,27,28). The summed E-state index contributed by atoms with van der Waals surface area (Å²) in [6.07, 6.45) is 0. The maximum atomic E-state index is 12.9. The maximum absolute atomic E-state index is 12.9. The molecule has 0 saturated heterocycles. The van der Waals surface area contributed by atoms with Crippen LogP contribution >= 0.6 is 46.4 Å². The molecular weight excluding hydrogens is 482 g/mol. The number of halogens is 4. The van der Waals surface area contributed by atoms with Gasteiger partial charge in [0.1, 0.15) is 11.5 Å². The minimum Gasteiger partial charge on any atom is -0.508 e. The van der Waals surface area contributed by atoms with E-state index >= 15 is 0 Å². The van der Waals surface area contributed by atoms with Gasteiger partial charge in [-0.25, -0.2) is 0 Å². The molecule has 152 valence electrons. The molecule has 5 nitrogen and oxygen atoms in total. The molecule has 0 amide bonds. The molecule has 0 heterocycles. The van der Waals surface area contributed by atoms with E-state index in [9.17, 15) is 23.2 Å². The molecule has 0 aliphatic rings. The van der Waals surface area contributed by atoms with Gasteiger partial charge >= 0.3 is 0 Å². The predicted molar refractivity (Wildman–Crippen MR) is 114 cm³/mol. The van der Waals surface area contributed by atoms with E-state index in [1.807, 2.05) is 0 Å². The number of rotatable bonds is 4. The topological polar surface area (TPSA) is 94.8 Å². The largest absolute Gasteiger partial charge is 0.508 e. The van der Waals surface area contributed by atoms with Crippen molar-refractivity contribution in [1.29, 1.82) is 0 Å². The summed E-state index contributed by atoms with van der Waals surface area (Å²) >= 11 is 24.0. The van der Waals surface area contributed by atoms with Crippen molar-refractivity contribution in [3.63, 3.8) is 0 Å². The molecule has 0 aromatic heterocycles. The maximum Gasteiger partial charge on any atom is 0.283 e. The number of phenolic OH excluding ortho intramolecular Hbond substituents is 2. The van der Waals surface area contributed by atoms with Crippen LogP contribution in [-0.2, 0) is 14.9 Å². The fourth-order valence-electron chi connectivity index (χ4n) is 3.25. The van der Waals surface area contributed by atoms with Crippen LogP contribution in [-0.4, -0.2) is 23.2 Å². The highest BCUT2D eigenvalue weighted by Crippen LogP contribution is 2.52. The van der Waals surface area contributed by atoms with E-state index in [0.717, 1.165) is 12.1 Å². The van der Waals surface area contributed by atoms with Crippen molar-refractivity contribution in [3.05, 3.63) is 91.4 Å². The predicted octanol–water partition coefficient (Wildman–Crippen LogP) is 5.89. The highest BCUT2D eigenvalue weighted by Gasteiger charge is 2.52. The van der Waals surface area contributed by atoms with Crippen LogP contribution in [0, 0.1) is 0 Å². The Morgan fingerprint density at radius 3 is 1.79 bits per heavy atom. The number of phenols is 2. The molecule has 0 aliphatic carbocycles. The zero-order chi connectivity index (χ0) is 21.6. The van der Waals surface area contributed by atoms with Gasteiger partial charge in [0.05, 0.1) is 5.02 Å². The second kappa shape index (κ2) is 7.87. The van der Waals surface area contributed by atoms with E-state index in [1.165, 1.54) is 42.5 Å². The van der Waals surface area contributed by atoms with Crippen LogP contribution in [0.4, 0.5) is 0 Å². The quantitative estimate of drug-likeness (QED) is 0.311. The third-order valence-corrected chi connectivity index (χ3v) is 6.80.